The highest BCUT2D eigenvalue weighted by atomic mass is 32.1. The van der Waals surface area contributed by atoms with E-state index in [1.54, 1.807) is 14.0 Å². The Morgan fingerprint density at radius 2 is 2.05 bits per heavy atom. The first-order valence-corrected chi connectivity index (χ1v) is 7.55. The lowest BCUT2D eigenvalue weighted by Gasteiger charge is -2.16. The van der Waals surface area contributed by atoms with Crippen molar-refractivity contribution in [3.05, 3.63) is 23.1 Å². The number of carbonyl (C=O) groups excluding carboxylic acids is 1. The van der Waals surface area contributed by atoms with Crippen LogP contribution in [0.2, 0.25) is 0 Å². The van der Waals surface area contributed by atoms with Gasteiger partial charge in [0.05, 0.1) is 6.61 Å². The topological polar surface area (TPSA) is 54.0 Å². The van der Waals surface area contributed by atoms with Gasteiger partial charge in [0, 0.05) is 17.9 Å². The number of hydrogen-bond donors (Lipinski definition) is 0. The summed E-state index contributed by atoms with van der Waals surface area (Å²) in [6.45, 7) is 4.04. The molecule has 2 unspecified atom stereocenters. The molecule has 0 spiro atoms. The van der Waals surface area contributed by atoms with Crippen molar-refractivity contribution in [3.63, 3.8) is 0 Å². The minimum absolute atomic E-state index is 0.162. The maximum absolute atomic E-state index is 11.8. The number of carbonyl (C=O) groups is 1. The third-order valence-corrected chi connectivity index (χ3v) is 4.38. The van der Waals surface area contributed by atoms with Crippen molar-refractivity contribution < 1.29 is 23.7 Å². The molecule has 2 atom stereocenters. The Balaban J connectivity index is 1.90. The van der Waals surface area contributed by atoms with Crippen LogP contribution >= 0.6 is 11.3 Å². The zero-order valence-electron chi connectivity index (χ0n) is 12.0. The second kappa shape index (κ2) is 5.54. The molecular weight excluding hydrogens is 292 g/mol. The average molecular weight is 308 g/mol. The number of methoxy groups -OCH3 is 1. The average Bonchev–Trinajstić information content (AvgIpc) is 3.06. The van der Waals surface area contributed by atoms with Crippen LogP contribution in [0, 0.1) is 0 Å². The second-order valence-corrected chi connectivity index (χ2v) is 5.80. The van der Waals surface area contributed by atoms with Gasteiger partial charge in [0.25, 0.3) is 6.29 Å². The zero-order valence-corrected chi connectivity index (χ0v) is 12.9. The van der Waals surface area contributed by atoms with Gasteiger partial charge in [-0.1, -0.05) is 0 Å². The van der Waals surface area contributed by atoms with Gasteiger partial charge >= 0.3 is 5.97 Å². The standard InChI is InChI=1S/C15H16O5S/c1-4-18-14(16)13-6-9-5-10-11(7-12(9)21-13)20-15(19-10)8(2)17-3/h5-8,15H,4H2,1-3H3. The smallest absolute Gasteiger partial charge is 0.348 e. The number of rotatable bonds is 4. The van der Waals surface area contributed by atoms with Gasteiger partial charge in [0.1, 0.15) is 11.0 Å². The van der Waals surface area contributed by atoms with Crippen LogP contribution in [0.3, 0.4) is 0 Å². The van der Waals surface area contributed by atoms with Gasteiger partial charge in [0.2, 0.25) is 0 Å². The summed E-state index contributed by atoms with van der Waals surface area (Å²) in [5.41, 5.74) is 0. The Bertz CT molecular complexity index is 635. The number of ether oxygens (including phenoxy) is 4. The second-order valence-electron chi connectivity index (χ2n) is 4.71. The number of hydrogen-bond acceptors (Lipinski definition) is 6. The molecule has 1 aliphatic rings. The molecule has 0 saturated carbocycles. The van der Waals surface area contributed by atoms with Crippen molar-refractivity contribution in [1.82, 2.24) is 0 Å². The van der Waals surface area contributed by atoms with Crippen molar-refractivity contribution in [2.45, 2.75) is 26.2 Å². The van der Waals surface area contributed by atoms with Crippen LogP contribution in [-0.2, 0) is 9.47 Å². The molecule has 0 N–H and O–H groups in total. The molecule has 0 radical (unpaired) electrons. The Morgan fingerprint density at radius 1 is 1.33 bits per heavy atom. The summed E-state index contributed by atoms with van der Waals surface area (Å²) in [5, 5.41) is 0.941. The fraction of sp³-hybridized carbons (Fsp3) is 0.400. The van der Waals surface area contributed by atoms with Gasteiger partial charge in [-0.25, -0.2) is 4.79 Å². The summed E-state index contributed by atoms with van der Waals surface area (Å²) in [6, 6.07) is 5.58. The van der Waals surface area contributed by atoms with Crippen molar-refractivity contribution >= 4 is 27.4 Å². The van der Waals surface area contributed by atoms with E-state index in [0.29, 0.717) is 23.0 Å². The molecule has 0 fully saturated rings. The lowest BCUT2D eigenvalue weighted by molar-refractivity contribution is -0.0685. The largest absolute Gasteiger partial charge is 0.462 e. The fourth-order valence-electron chi connectivity index (χ4n) is 2.11. The maximum Gasteiger partial charge on any atom is 0.348 e. The van der Waals surface area contributed by atoms with E-state index in [0.717, 1.165) is 10.1 Å². The number of fused-ring (bicyclic) bond motifs is 2. The van der Waals surface area contributed by atoms with E-state index in [1.807, 2.05) is 25.1 Å². The summed E-state index contributed by atoms with van der Waals surface area (Å²) in [6.07, 6.45) is -0.600. The van der Waals surface area contributed by atoms with Crippen LogP contribution in [0.15, 0.2) is 18.2 Å². The van der Waals surface area contributed by atoms with Crippen LogP contribution in [0.5, 0.6) is 11.5 Å². The van der Waals surface area contributed by atoms with Crippen LogP contribution < -0.4 is 9.47 Å². The molecule has 2 heterocycles. The molecule has 0 saturated heterocycles. The van der Waals surface area contributed by atoms with Gasteiger partial charge in [-0.2, -0.15) is 0 Å². The molecule has 5 nitrogen and oxygen atoms in total. The number of esters is 1. The number of thiophene rings is 1. The molecule has 0 amide bonds. The van der Waals surface area contributed by atoms with Crippen molar-refractivity contribution in [2.24, 2.45) is 0 Å². The SMILES string of the molecule is CCOC(=O)c1cc2cc3c(cc2s1)OC(C(C)OC)O3. The van der Waals surface area contributed by atoms with E-state index in [9.17, 15) is 4.79 Å². The van der Waals surface area contributed by atoms with Crippen molar-refractivity contribution in [2.75, 3.05) is 13.7 Å². The minimum Gasteiger partial charge on any atom is -0.462 e. The molecule has 1 aromatic heterocycles. The van der Waals surface area contributed by atoms with E-state index >= 15 is 0 Å². The van der Waals surface area contributed by atoms with Crippen molar-refractivity contribution in [3.8, 4) is 11.5 Å². The molecule has 2 aromatic rings. The third-order valence-electron chi connectivity index (χ3n) is 3.30. The molecule has 1 aromatic carbocycles. The predicted molar refractivity (Wildman–Crippen MR) is 79.3 cm³/mol. The van der Waals surface area contributed by atoms with Crippen LogP contribution in [0.25, 0.3) is 10.1 Å². The van der Waals surface area contributed by atoms with Crippen molar-refractivity contribution in [1.29, 1.82) is 0 Å². The third kappa shape index (κ3) is 2.56. The molecule has 112 valence electrons. The zero-order chi connectivity index (χ0) is 15.0. The van der Waals surface area contributed by atoms with E-state index in [-0.39, 0.29) is 12.1 Å². The Labute approximate surface area is 126 Å². The molecular formula is C15H16O5S. The van der Waals surface area contributed by atoms with Gasteiger partial charge < -0.3 is 18.9 Å². The summed E-state index contributed by atoms with van der Waals surface area (Å²) in [4.78, 5) is 12.3. The Hall–Kier alpha value is -1.79. The summed E-state index contributed by atoms with van der Waals surface area (Å²) in [7, 11) is 1.62. The van der Waals surface area contributed by atoms with E-state index < -0.39 is 6.29 Å². The van der Waals surface area contributed by atoms with Gasteiger partial charge in [-0.3, -0.25) is 0 Å². The monoisotopic (exact) mass is 308 g/mol. The van der Waals surface area contributed by atoms with Gasteiger partial charge in [-0.05, 0) is 31.4 Å². The van der Waals surface area contributed by atoms with Crippen LogP contribution in [0.1, 0.15) is 23.5 Å². The molecule has 0 aliphatic carbocycles. The Kier molecular flexibility index (Phi) is 3.73. The number of benzene rings is 1. The lowest BCUT2D eigenvalue weighted by Crippen LogP contribution is -2.32. The summed E-state index contributed by atoms with van der Waals surface area (Å²) in [5.74, 6) is 1.05. The predicted octanol–water partition coefficient (Wildman–Crippen LogP) is 3.21. The highest BCUT2D eigenvalue weighted by Gasteiger charge is 2.30. The summed E-state index contributed by atoms with van der Waals surface area (Å²) >= 11 is 1.39. The van der Waals surface area contributed by atoms with Crippen LogP contribution in [-0.4, -0.2) is 32.1 Å². The van der Waals surface area contributed by atoms with Gasteiger partial charge in [-0.15, -0.1) is 11.3 Å². The first-order chi connectivity index (χ1) is 10.1. The Morgan fingerprint density at radius 3 is 2.71 bits per heavy atom. The summed E-state index contributed by atoms with van der Waals surface area (Å²) < 4.78 is 22.6. The van der Waals surface area contributed by atoms with E-state index in [1.165, 1.54) is 11.3 Å². The lowest BCUT2D eigenvalue weighted by atomic mass is 10.2. The van der Waals surface area contributed by atoms with Crippen LogP contribution in [0.4, 0.5) is 0 Å². The highest BCUT2D eigenvalue weighted by Crippen LogP contribution is 2.41. The molecule has 21 heavy (non-hydrogen) atoms. The van der Waals surface area contributed by atoms with E-state index in [2.05, 4.69) is 0 Å². The van der Waals surface area contributed by atoms with E-state index in [4.69, 9.17) is 18.9 Å². The first kappa shape index (κ1) is 14.2. The quantitative estimate of drug-likeness (QED) is 0.812. The molecule has 3 rings (SSSR count). The molecule has 6 heteroatoms. The normalized spacial score (nSPS) is 18.0. The maximum atomic E-state index is 11.8. The first-order valence-electron chi connectivity index (χ1n) is 6.73. The molecule has 0 bridgehead atoms. The highest BCUT2D eigenvalue weighted by molar-refractivity contribution is 7.20. The fourth-order valence-corrected chi connectivity index (χ4v) is 3.08. The molecule has 1 aliphatic heterocycles. The van der Waals surface area contributed by atoms with Gasteiger partial charge in [0.15, 0.2) is 11.5 Å². The minimum atomic E-state index is -0.439.